The number of anilines is 1. The number of nitrogens with zero attached hydrogens (tertiary/aromatic N) is 2. The van der Waals surface area contributed by atoms with Crippen molar-refractivity contribution in [2.24, 2.45) is 5.73 Å². The Morgan fingerprint density at radius 2 is 1.86 bits per heavy atom. The van der Waals surface area contributed by atoms with Crippen molar-refractivity contribution in [1.82, 2.24) is 0 Å². The molecule has 0 saturated heterocycles. The Kier molecular flexibility index (Phi) is 4.71. The molecule has 1 aliphatic heterocycles. The van der Waals surface area contributed by atoms with E-state index in [-0.39, 0.29) is 11.6 Å². The molecule has 0 fully saturated rings. The number of halogens is 1. The normalized spacial score (nSPS) is 19.3. The summed E-state index contributed by atoms with van der Waals surface area (Å²) in [5.41, 5.74) is 12.0. The highest BCUT2D eigenvalue weighted by atomic mass is 19.1. The summed E-state index contributed by atoms with van der Waals surface area (Å²) >= 11 is 0. The summed E-state index contributed by atoms with van der Waals surface area (Å²) in [5, 5.41) is 10.0. The van der Waals surface area contributed by atoms with E-state index in [1.54, 1.807) is 17.0 Å². The van der Waals surface area contributed by atoms with Crippen molar-refractivity contribution in [2.75, 3.05) is 4.90 Å². The van der Waals surface area contributed by atoms with Gasteiger partial charge in [0.25, 0.3) is 0 Å². The highest BCUT2D eigenvalue weighted by molar-refractivity contribution is 6.01. The molecule has 146 valence electrons. The molecule has 2 aliphatic rings. The Labute approximate surface area is 169 Å². The summed E-state index contributed by atoms with van der Waals surface area (Å²) in [6.07, 6.45) is 1.86. The Morgan fingerprint density at radius 1 is 1.14 bits per heavy atom. The van der Waals surface area contributed by atoms with Crippen LogP contribution < -0.4 is 10.6 Å². The fraction of sp³-hybridized carbons (Fsp3) is 0.250. The Bertz CT molecular complexity index is 1110. The predicted octanol–water partition coefficient (Wildman–Crippen LogP) is 4.75. The van der Waals surface area contributed by atoms with Gasteiger partial charge in [-0.3, -0.25) is 9.69 Å². The summed E-state index contributed by atoms with van der Waals surface area (Å²) in [4.78, 5) is 14.8. The molecular weight excluding hydrogens is 365 g/mol. The number of benzene rings is 2. The maximum absolute atomic E-state index is 13.5. The van der Waals surface area contributed by atoms with E-state index in [1.165, 1.54) is 12.1 Å². The van der Waals surface area contributed by atoms with Crippen LogP contribution in [0.4, 0.5) is 10.1 Å². The van der Waals surface area contributed by atoms with Crippen LogP contribution in [0.3, 0.4) is 0 Å². The maximum atomic E-state index is 13.5. The SMILES string of the molecule is Cc1ccc(C2C(C#N)=C(N)N(c3ccc(F)cc3)C3=C2C(=O)CCC3)c(C)c1. The lowest BCUT2D eigenvalue weighted by Crippen LogP contribution is -2.38. The number of hydrogen-bond donors (Lipinski definition) is 1. The summed E-state index contributed by atoms with van der Waals surface area (Å²) in [6.45, 7) is 4.01. The van der Waals surface area contributed by atoms with E-state index in [9.17, 15) is 14.4 Å². The van der Waals surface area contributed by atoms with E-state index in [0.717, 1.165) is 28.8 Å². The van der Waals surface area contributed by atoms with Crippen molar-refractivity contribution >= 4 is 11.5 Å². The molecule has 1 aliphatic carbocycles. The first kappa shape index (κ1) is 18.9. The van der Waals surface area contributed by atoms with E-state index in [1.807, 2.05) is 26.0 Å². The van der Waals surface area contributed by atoms with Gasteiger partial charge in [0.05, 0.1) is 17.6 Å². The van der Waals surface area contributed by atoms with Crippen LogP contribution in [0.5, 0.6) is 0 Å². The third-order valence-electron chi connectivity index (χ3n) is 5.73. The zero-order chi connectivity index (χ0) is 20.7. The van der Waals surface area contributed by atoms with Crippen molar-refractivity contribution in [1.29, 1.82) is 5.26 Å². The highest BCUT2D eigenvalue weighted by Gasteiger charge is 2.40. The lowest BCUT2D eigenvalue weighted by Gasteiger charge is -2.40. The second kappa shape index (κ2) is 7.21. The summed E-state index contributed by atoms with van der Waals surface area (Å²) in [5.74, 6) is -0.475. The molecule has 0 radical (unpaired) electrons. The molecule has 0 saturated carbocycles. The van der Waals surface area contributed by atoms with Crippen LogP contribution in [0.15, 0.2) is 65.1 Å². The third-order valence-corrected chi connectivity index (χ3v) is 5.73. The van der Waals surface area contributed by atoms with Crippen LogP contribution in [0, 0.1) is 31.0 Å². The van der Waals surface area contributed by atoms with Gasteiger partial charge in [0.15, 0.2) is 5.78 Å². The van der Waals surface area contributed by atoms with E-state index in [0.29, 0.717) is 35.5 Å². The van der Waals surface area contributed by atoms with E-state index in [2.05, 4.69) is 12.1 Å². The largest absolute Gasteiger partial charge is 0.384 e. The Balaban J connectivity index is 1.98. The molecule has 5 heteroatoms. The molecule has 2 aromatic rings. The molecule has 1 atom stereocenters. The fourth-order valence-corrected chi connectivity index (χ4v) is 4.43. The minimum atomic E-state index is -0.472. The van der Waals surface area contributed by atoms with Crippen LogP contribution >= 0.6 is 0 Å². The van der Waals surface area contributed by atoms with E-state index >= 15 is 0 Å². The van der Waals surface area contributed by atoms with Crippen molar-refractivity contribution in [3.63, 3.8) is 0 Å². The zero-order valence-electron chi connectivity index (χ0n) is 16.5. The smallest absolute Gasteiger partial charge is 0.161 e. The summed E-state index contributed by atoms with van der Waals surface area (Å²) in [6, 6.07) is 14.3. The minimum Gasteiger partial charge on any atom is -0.384 e. The molecule has 1 unspecified atom stereocenters. The minimum absolute atomic E-state index is 0.0450. The van der Waals surface area contributed by atoms with Gasteiger partial charge in [-0.15, -0.1) is 0 Å². The highest BCUT2D eigenvalue weighted by Crippen LogP contribution is 2.46. The molecule has 2 aromatic carbocycles. The van der Waals surface area contributed by atoms with Crippen molar-refractivity contribution in [3.05, 3.63) is 87.6 Å². The maximum Gasteiger partial charge on any atom is 0.161 e. The van der Waals surface area contributed by atoms with Gasteiger partial charge in [-0.05, 0) is 62.1 Å². The molecule has 0 amide bonds. The first-order valence-corrected chi connectivity index (χ1v) is 9.71. The second-order valence-electron chi connectivity index (χ2n) is 7.65. The lowest BCUT2D eigenvalue weighted by atomic mass is 9.74. The van der Waals surface area contributed by atoms with Gasteiger partial charge in [0.1, 0.15) is 11.6 Å². The van der Waals surface area contributed by atoms with Gasteiger partial charge in [-0.1, -0.05) is 23.8 Å². The molecule has 0 spiro atoms. The van der Waals surface area contributed by atoms with Gasteiger partial charge in [0.2, 0.25) is 0 Å². The monoisotopic (exact) mass is 387 g/mol. The number of carbonyl (C=O) groups is 1. The molecule has 4 rings (SSSR count). The number of nitriles is 1. The summed E-state index contributed by atoms with van der Waals surface area (Å²) < 4.78 is 13.5. The van der Waals surface area contributed by atoms with Gasteiger partial charge in [-0.2, -0.15) is 5.26 Å². The number of hydrogen-bond acceptors (Lipinski definition) is 4. The molecule has 29 heavy (non-hydrogen) atoms. The number of aryl methyl sites for hydroxylation is 2. The number of carbonyl (C=O) groups excluding carboxylic acids is 1. The molecule has 0 aromatic heterocycles. The number of allylic oxidation sites excluding steroid dienone is 3. The standard InChI is InChI=1S/C24H22FN3O/c1-14-6-11-18(15(2)12-14)22-19(13-26)24(27)28(17-9-7-16(25)8-10-17)20-4-3-5-21(29)23(20)22/h6-12,22H,3-5,27H2,1-2H3. The number of Topliss-reactive ketones (excluding diaryl/α,β-unsaturated/α-hetero) is 1. The number of nitrogens with two attached hydrogens (primary N) is 1. The summed E-state index contributed by atoms with van der Waals surface area (Å²) in [7, 11) is 0. The van der Waals surface area contributed by atoms with Crippen molar-refractivity contribution in [3.8, 4) is 6.07 Å². The average molecular weight is 387 g/mol. The second-order valence-corrected chi connectivity index (χ2v) is 7.65. The van der Waals surface area contributed by atoms with Crippen LogP contribution in [-0.2, 0) is 4.79 Å². The zero-order valence-corrected chi connectivity index (χ0v) is 16.5. The number of rotatable bonds is 2. The van der Waals surface area contributed by atoms with Crippen LogP contribution in [0.1, 0.15) is 41.9 Å². The topological polar surface area (TPSA) is 70.1 Å². The quantitative estimate of drug-likeness (QED) is 0.807. The predicted molar refractivity (Wildman–Crippen MR) is 110 cm³/mol. The van der Waals surface area contributed by atoms with E-state index in [4.69, 9.17) is 5.73 Å². The van der Waals surface area contributed by atoms with Crippen LogP contribution in [-0.4, -0.2) is 5.78 Å². The Hall–Kier alpha value is -3.39. The van der Waals surface area contributed by atoms with Crippen LogP contribution in [0.25, 0.3) is 0 Å². The Morgan fingerprint density at radius 3 is 2.52 bits per heavy atom. The van der Waals surface area contributed by atoms with Crippen LogP contribution in [0.2, 0.25) is 0 Å². The lowest BCUT2D eigenvalue weighted by molar-refractivity contribution is -0.116. The molecule has 0 bridgehead atoms. The van der Waals surface area contributed by atoms with Gasteiger partial charge in [-0.25, -0.2) is 4.39 Å². The first-order chi connectivity index (χ1) is 13.9. The third kappa shape index (κ3) is 3.11. The van der Waals surface area contributed by atoms with Gasteiger partial charge in [0, 0.05) is 23.4 Å². The first-order valence-electron chi connectivity index (χ1n) is 9.71. The number of ketones is 1. The fourth-order valence-electron chi connectivity index (χ4n) is 4.43. The van der Waals surface area contributed by atoms with Crippen molar-refractivity contribution in [2.45, 2.75) is 39.0 Å². The average Bonchev–Trinajstić information content (AvgIpc) is 2.69. The van der Waals surface area contributed by atoms with E-state index < -0.39 is 5.92 Å². The molecule has 4 nitrogen and oxygen atoms in total. The molecule has 2 N–H and O–H groups in total. The van der Waals surface area contributed by atoms with Gasteiger partial charge >= 0.3 is 0 Å². The van der Waals surface area contributed by atoms with Gasteiger partial charge < -0.3 is 5.73 Å². The van der Waals surface area contributed by atoms with Crippen molar-refractivity contribution < 1.29 is 9.18 Å². The molecular formula is C24H22FN3O. The molecule has 1 heterocycles.